The lowest BCUT2D eigenvalue weighted by Gasteiger charge is -2.06. The lowest BCUT2D eigenvalue weighted by molar-refractivity contribution is 0.0953. The number of hydrogen-bond acceptors (Lipinski definition) is 4. The molecule has 1 N–H and O–H groups in total. The summed E-state index contributed by atoms with van der Waals surface area (Å²) in [5, 5.41) is 2.62. The average Bonchev–Trinajstić information content (AvgIpc) is 3.00. The van der Waals surface area contributed by atoms with Crippen LogP contribution in [0, 0.1) is 0 Å². The summed E-state index contributed by atoms with van der Waals surface area (Å²) in [4.78, 5) is 11.3. The first-order chi connectivity index (χ1) is 10.4. The summed E-state index contributed by atoms with van der Waals surface area (Å²) in [7, 11) is -4.64. The molecule has 5 nitrogen and oxygen atoms in total. The SMILES string of the molecule is O=C(NCCc1ccco1)c1ccc(S(=O)(=O)C(F)F)cc1. The van der Waals surface area contributed by atoms with Gasteiger partial charge in [-0.1, -0.05) is 0 Å². The van der Waals surface area contributed by atoms with Crippen LogP contribution >= 0.6 is 0 Å². The highest BCUT2D eigenvalue weighted by Crippen LogP contribution is 2.18. The van der Waals surface area contributed by atoms with Gasteiger partial charge < -0.3 is 9.73 Å². The zero-order valence-electron chi connectivity index (χ0n) is 11.3. The molecule has 0 aliphatic rings. The van der Waals surface area contributed by atoms with E-state index in [0.717, 1.165) is 17.9 Å². The van der Waals surface area contributed by atoms with Gasteiger partial charge in [0.2, 0.25) is 9.84 Å². The molecule has 0 bridgehead atoms. The molecule has 0 fully saturated rings. The van der Waals surface area contributed by atoms with Gasteiger partial charge in [-0.2, -0.15) is 8.78 Å². The molecule has 0 saturated heterocycles. The quantitative estimate of drug-likeness (QED) is 0.882. The molecule has 1 heterocycles. The molecular formula is C14H13F2NO4S. The molecule has 1 aromatic carbocycles. The second-order valence-corrected chi connectivity index (χ2v) is 6.33. The van der Waals surface area contributed by atoms with E-state index in [1.54, 1.807) is 12.1 Å². The van der Waals surface area contributed by atoms with E-state index in [4.69, 9.17) is 4.42 Å². The molecular weight excluding hydrogens is 316 g/mol. The van der Waals surface area contributed by atoms with Gasteiger partial charge in [-0.25, -0.2) is 8.42 Å². The maximum absolute atomic E-state index is 12.4. The van der Waals surface area contributed by atoms with Gasteiger partial charge in [-0.05, 0) is 36.4 Å². The molecule has 2 aromatic rings. The van der Waals surface area contributed by atoms with Crippen molar-refractivity contribution in [2.75, 3.05) is 6.54 Å². The number of carbonyl (C=O) groups excluding carboxylic acids is 1. The number of amides is 1. The zero-order valence-corrected chi connectivity index (χ0v) is 12.1. The van der Waals surface area contributed by atoms with Crippen LogP contribution in [0.3, 0.4) is 0 Å². The zero-order chi connectivity index (χ0) is 16.2. The molecule has 2 rings (SSSR count). The molecule has 1 aromatic heterocycles. The molecule has 0 aliphatic heterocycles. The lowest BCUT2D eigenvalue weighted by Crippen LogP contribution is -2.25. The van der Waals surface area contributed by atoms with E-state index in [1.165, 1.54) is 18.4 Å². The van der Waals surface area contributed by atoms with Crippen molar-refractivity contribution in [3.8, 4) is 0 Å². The van der Waals surface area contributed by atoms with E-state index in [9.17, 15) is 22.0 Å². The minimum atomic E-state index is -4.64. The van der Waals surface area contributed by atoms with Crippen LogP contribution in [0.15, 0.2) is 52.0 Å². The van der Waals surface area contributed by atoms with Crippen molar-refractivity contribution in [1.82, 2.24) is 5.32 Å². The molecule has 0 aliphatic carbocycles. The van der Waals surface area contributed by atoms with E-state index in [1.807, 2.05) is 0 Å². The van der Waals surface area contributed by atoms with Gasteiger partial charge >= 0.3 is 5.76 Å². The molecule has 0 atom stereocenters. The van der Waals surface area contributed by atoms with Crippen molar-refractivity contribution < 1.29 is 26.4 Å². The third kappa shape index (κ3) is 3.70. The second kappa shape index (κ2) is 6.69. The van der Waals surface area contributed by atoms with Crippen molar-refractivity contribution >= 4 is 15.7 Å². The van der Waals surface area contributed by atoms with Gasteiger partial charge in [0.15, 0.2) is 0 Å². The summed E-state index contributed by atoms with van der Waals surface area (Å²) in [6.45, 7) is 0.337. The summed E-state index contributed by atoms with van der Waals surface area (Å²) in [6.07, 6.45) is 2.04. The Morgan fingerprint density at radius 3 is 2.41 bits per heavy atom. The van der Waals surface area contributed by atoms with Gasteiger partial charge in [-0.15, -0.1) is 0 Å². The van der Waals surface area contributed by atoms with Crippen LogP contribution < -0.4 is 5.32 Å². The third-order valence-electron chi connectivity index (χ3n) is 2.92. The predicted octanol–water partition coefficient (Wildman–Crippen LogP) is 2.25. The first-order valence-electron chi connectivity index (χ1n) is 6.34. The molecule has 22 heavy (non-hydrogen) atoms. The summed E-state index contributed by atoms with van der Waals surface area (Å²) in [5.74, 6) is -3.19. The van der Waals surface area contributed by atoms with Gasteiger partial charge in [0.25, 0.3) is 5.91 Å². The third-order valence-corrected chi connectivity index (χ3v) is 4.32. The fourth-order valence-electron chi connectivity index (χ4n) is 1.75. The normalized spacial score (nSPS) is 11.6. The van der Waals surface area contributed by atoms with Crippen LogP contribution in [0.2, 0.25) is 0 Å². The van der Waals surface area contributed by atoms with Crippen LogP contribution in [0.1, 0.15) is 16.1 Å². The molecule has 1 amide bonds. The summed E-state index contributed by atoms with van der Waals surface area (Å²) >= 11 is 0. The Bertz CT molecular complexity index is 725. The summed E-state index contributed by atoms with van der Waals surface area (Å²) < 4.78 is 52.4. The lowest BCUT2D eigenvalue weighted by atomic mass is 10.2. The molecule has 8 heteroatoms. The number of benzene rings is 1. The number of rotatable bonds is 6. The van der Waals surface area contributed by atoms with Gasteiger partial charge in [0.05, 0.1) is 11.2 Å². The standard InChI is InChI=1S/C14H13F2NO4S/c15-14(16)22(19,20)12-5-3-10(4-6-12)13(18)17-8-7-11-2-1-9-21-11/h1-6,9,14H,7-8H2,(H,17,18). The van der Waals surface area contributed by atoms with Crippen LogP contribution in [-0.2, 0) is 16.3 Å². The largest absolute Gasteiger partial charge is 0.469 e. The molecule has 0 spiro atoms. The summed E-state index contributed by atoms with van der Waals surface area (Å²) in [6, 6.07) is 7.87. The van der Waals surface area contributed by atoms with Crippen LogP contribution in [0.5, 0.6) is 0 Å². The van der Waals surface area contributed by atoms with Gasteiger partial charge in [-0.3, -0.25) is 4.79 Å². The number of furan rings is 1. The maximum Gasteiger partial charge on any atom is 0.341 e. The predicted molar refractivity (Wildman–Crippen MR) is 74.4 cm³/mol. The highest BCUT2D eigenvalue weighted by molar-refractivity contribution is 7.91. The smallest absolute Gasteiger partial charge is 0.341 e. The van der Waals surface area contributed by atoms with Crippen LogP contribution in [-0.4, -0.2) is 26.6 Å². The fourth-order valence-corrected chi connectivity index (χ4v) is 2.48. The first kappa shape index (κ1) is 16.2. The Balaban J connectivity index is 1.96. The van der Waals surface area contributed by atoms with Crippen molar-refractivity contribution in [2.45, 2.75) is 17.1 Å². The second-order valence-electron chi connectivity index (χ2n) is 4.42. The highest BCUT2D eigenvalue weighted by Gasteiger charge is 2.26. The van der Waals surface area contributed by atoms with Gasteiger partial charge in [0.1, 0.15) is 5.76 Å². The monoisotopic (exact) mass is 329 g/mol. The number of hydrogen-bond donors (Lipinski definition) is 1. The Morgan fingerprint density at radius 2 is 1.86 bits per heavy atom. The molecule has 118 valence electrons. The number of sulfone groups is 1. The highest BCUT2D eigenvalue weighted by atomic mass is 32.2. The van der Waals surface area contributed by atoms with Crippen molar-refractivity contribution in [2.24, 2.45) is 0 Å². The Kier molecular flexibility index (Phi) is 4.92. The number of carbonyl (C=O) groups is 1. The van der Waals surface area contributed by atoms with Crippen molar-refractivity contribution in [3.63, 3.8) is 0 Å². The first-order valence-corrected chi connectivity index (χ1v) is 7.88. The number of alkyl halides is 2. The summed E-state index contributed by atoms with van der Waals surface area (Å²) in [5.41, 5.74) is 0.188. The van der Waals surface area contributed by atoms with E-state index in [2.05, 4.69) is 5.32 Å². The minimum Gasteiger partial charge on any atom is -0.469 e. The topological polar surface area (TPSA) is 76.4 Å². The fraction of sp³-hybridized carbons (Fsp3) is 0.214. The van der Waals surface area contributed by atoms with E-state index >= 15 is 0 Å². The molecule has 0 radical (unpaired) electrons. The van der Waals surface area contributed by atoms with Crippen LogP contribution in [0.4, 0.5) is 8.78 Å². The van der Waals surface area contributed by atoms with E-state index < -0.39 is 26.4 Å². The average molecular weight is 329 g/mol. The van der Waals surface area contributed by atoms with E-state index in [0.29, 0.717) is 13.0 Å². The Morgan fingerprint density at radius 1 is 1.18 bits per heavy atom. The Hall–Kier alpha value is -2.22. The Labute approximate surface area is 125 Å². The maximum atomic E-state index is 12.4. The van der Waals surface area contributed by atoms with Crippen molar-refractivity contribution in [1.29, 1.82) is 0 Å². The van der Waals surface area contributed by atoms with E-state index in [-0.39, 0.29) is 5.56 Å². The minimum absolute atomic E-state index is 0.188. The molecule has 0 unspecified atom stereocenters. The van der Waals surface area contributed by atoms with Crippen LogP contribution in [0.25, 0.3) is 0 Å². The van der Waals surface area contributed by atoms with Crippen molar-refractivity contribution in [3.05, 3.63) is 54.0 Å². The number of nitrogens with one attached hydrogen (secondary N) is 1. The number of halogens is 2. The van der Waals surface area contributed by atoms with Gasteiger partial charge in [0, 0.05) is 18.5 Å². The molecule has 0 saturated carbocycles.